The molecule has 2 nitrogen and oxygen atoms in total. The fourth-order valence-electron chi connectivity index (χ4n) is 2.42. The minimum atomic E-state index is -0.652. The zero-order valence-electron chi connectivity index (χ0n) is 10.8. The van der Waals surface area contributed by atoms with Gasteiger partial charge in [-0.15, -0.1) is 0 Å². The van der Waals surface area contributed by atoms with Crippen LogP contribution in [0, 0.1) is 0 Å². The van der Waals surface area contributed by atoms with Crippen LogP contribution in [-0.2, 0) is 17.4 Å². The van der Waals surface area contributed by atoms with Crippen LogP contribution >= 0.6 is 0 Å². The van der Waals surface area contributed by atoms with Crippen LogP contribution in [0.25, 0.3) is 0 Å². The lowest BCUT2D eigenvalue weighted by atomic mass is 9.80. The largest absolute Gasteiger partial charge is 0.465 e. The second-order valence-electron chi connectivity index (χ2n) is 5.94. The number of fused-ring (bicyclic) bond motifs is 1. The van der Waals surface area contributed by atoms with Crippen LogP contribution in [-0.4, -0.2) is 5.11 Å². The standard InChI is InChI=1S/C14H22O2/c1-5-14(15)8-6-7-11-10(14)9-12(16-11)13(2,3)4/h9,15H,5-8H2,1-4H3. The Balaban J connectivity index is 2.47. The van der Waals surface area contributed by atoms with Gasteiger partial charge in [0.05, 0.1) is 5.60 Å². The number of rotatable bonds is 1. The van der Waals surface area contributed by atoms with Gasteiger partial charge in [-0.3, -0.25) is 0 Å². The zero-order valence-corrected chi connectivity index (χ0v) is 10.8. The number of furan rings is 1. The highest BCUT2D eigenvalue weighted by atomic mass is 16.3. The maximum atomic E-state index is 10.6. The van der Waals surface area contributed by atoms with Gasteiger partial charge in [0.15, 0.2) is 0 Å². The van der Waals surface area contributed by atoms with Crippen LogP contribution in [0.5, 0.6) is 0 Å². The highest BCUT2D eigenvalue weighted by Crippen LogP contribution is 2.41. The summed E-state index contributed by atoms with van der Waals surface area (Å²) in [6.07, 6.45) is 3.62. The predicted octanol–water partition coefficient (Wildman–Crippen LogP) is 3.51. The van der Waals surface area contributed by atoms with Gasteiger partial charge < -0.3 is 9.52 Å². The van der Waals surface area contributed by atoms with E-state index in [0.29, 0.717) is 0 Å². The second-order valence-corrected chi connectivity index (χ2v) is 5.94. The molecule has 0 aliphatic heterocycles. The fourth-order valence-corrected chi connectivity index (χ4v) is 2.42. The molecule has 1 aromatic rings. The van der Waals surface area contributed by atoms with Crippen LogP contribution in [0.4, 0.5) is 0 Å². The molecule has 2 rings (SSSR count). The van der Waals surface area contributed by atoms with Crippen molar-refractivity contribution in [3.63, 3.8) is 0 Å². The van der Waals surface area contributed by atoms with Crippen molar-refractivity contribution in [3.8, 4) is 0 Å². The molecule has 1 aliphatic rings. The van der Waals surface area contributed by atoms with Crippen LogP contribution in [0.15, 0.2) is 10.5 Å². The van der Waals surface area contributed by atoms with E-state index in [1.807, 2.05) is 6.92 Å². The molecule has 0 aromatic carbocycles. The van der Waals surface area contributed by atoms with Gasteiger partial charge in [0, 0.05) is 17.4 Å². The first-order valence-corrected chi connectivity index (χ1v) is 6.23. The van der Waals surface area contributed by atoms with Gasteiger partial charge in [0.2, 0.25) is 0 Å². The Kier molecular flexibility index (Phi) is 2.66. The predicted molar refractivity (Wildman–Crippen MR) is 64.5 cm³/mol. The van der Waals surface area contributed by atoms with Crippen molar-refractivity contribution in [2.45, 2.75) is 64.4 Å². The summed E-state index contributed by atoms with van der Waals surface area (Å²) in [5.74, 6) is 1.99. The van der Waals surface area contributed by atoms with E-state index in [4.69, 9.17) is 4.42 Å². The maximum Gasteiger partial charge on any atom is 0.110 e. The van der Waals surface area contributed by atoms with Crippen molar-refractivity contribution in [3.05, 3.63) is 23.2 Å². The van der Waals surface area contributed by atoms with Gasteiger partial charge in [-0.2, -0.15) is 0 Å². The summed E-state index contributed by atoms with van der Waals surface area (Å²) < 4.78 is 5.91. The Hall–Kier alpha value is -0.760. The summed E-state index contributed by atoms with van der Waals surface area (Å²) in [7, 11) is 0. The van der Waals surface area contributed by atoms with Gasteiger partial charge in [0.25, 0.3) is 0 Å². The van der Waals surface area contributed by atoms with E-state index in [0.717, 1.165) is 42.8 Å². The van der Waals surface area contributed by atoms with Crippen LogP contribution in [0.1, 0.15) is 64.0 Å². The molecule has 0 spiro atoms. The summed E-state index contributed by atoms with van der Waals surface area (Å²) in [6, 6.07) is 2.07. The minimum Gasteiger partial charge on any atom is -0.465 e. The third-order valence-electron chi connectivity index (χ3n) is 3.63. The Morgan fingerprint density at radius 3 is 2.69 bits per heavy atom. The molecule has 0 fully saturated rings. The molecule has 0 radical (unpaired) electrons. The molecule has 0 amide bonds. The monoisotopic (exact) mass is 222 g/mol. The summed E-state index contributed by atoms with van der Waals surface area (Å²) in [4.78, 5) is 0. The van der Waals surface area contributed by atoms with Crippen LogP contribution in [0.2, 0.25) is 0 Å². The van der Waals surface area contributed by atoms with Crippen molar-refractivity contribution < 1.29 is 9.52 Å². The van der Waals surface area contributed by atoms with Gasteiger partial charge in [-0.05, 0) is 25.3 Å². The molecular weight excluding hydrogens is 200 g/mol. The SMILES string of the molecule is CCC1(O)CCCc2oc(C(C)(C)C)cc21. The van der Waals surface area contributed by atoms with E-state index >= 15 is 0 Å². The van der Waals surface area contributed by atoms with Crippen molar-refractivity contribution >= 4 is 0 Å². The van der Waals surface area contributed by atoms with E-state index in [1.54, 1.807) is 0 Å². The van der Waals surface area contributed by atoms with Gasteiger partial charge in [-0.25, -0.2) is 0 Å². The Morgan fingerprint density at radius 2 is 2.12 bits per heavy atom. The molecule has 1 aliphatic carbocycles. The number of aliphatic hydroxyl groups is 1. The topological polar surface area (TPSA) is 33.4 Å². The van der Waals surface area contributed by atoms with Gasteiger partial charge in [-0.1, -0.05) is 27.7 Å². The molecule has 1 atom stereocenters. The lowest BCUT2D eigenvalue weighted by Gasteiger charge is -2.30. The quantitative estimate of drug-likeness (QED) is 0.788. The molecule has 1 unspecified atom stereocenters. The van der Waals surface area contributed by atoms with Crippen molar-refractivity contribution in [2.24, 2.45) is 0 Å². The van der Waals surface area contributed by atoms with E-state index in [9.17, 15) is 5.11 Å². The summed E-state index contributed by atoms with van der Waals surface area (Å²) in [6.45, 7) is 8.46. The van der Waals surface area contributed by atoms with E-state index in [1.165, 1.54) is 0 Å². The van der Waals surface area contributed by atoms with Crippen molar-refractivity contribution in [1.82, 2.24) is 0 Å². The van der Waals surface area contributed by atoms with Gasteiger partial charge in [0.1, 0.15) is 11.5 Å². The molecule has 0 bridgehead atoms. The molecule has 1 N–H and O–H groups in total. The lowest BCUT2D eigenvalue weighted by molar-refractivity contribution is 0.0127. The molecular formula is C14H22O2. The summed E-state index contributed by atoms with van der Waals surface area (Å²) in [5, 5.41) is 10.6. The van der Waals surface area contributed by atoms with Crippen LogP contribution < -0.4 is 0 Å². The first kappa shape index (κ1) is 11.7. The first-order valence-electron chi connectivity index (χ1n) is 6.23. The number of hydrogen-bond donors (Lipinski definition) is 1. The number of aryl methyl sites for hydroxylation is 1. The molecule has 1 aromatic heterocycles. The summed E-state index contributed by atoms with van der Waals surface area (Å²) >= 11 is 0. The van der Waals surface area contributed by atoms with E-state index in [-0.39, 0.29) is 5.41 Å². The van der Waals surface area contributed by atoms with Crippen LogP contribution in [0.3, 0.4) is 0 Å². The molecule has 90 valence electrons. The Morgan fingerprint density at radius 1 is 1.44 bits per heavy atom. The lowest BCUT2D eigenvalue weighted by Crippen LogP contribution is -2.28. The Bertz CT molecular complexity index is 384. The van der Waals surface area contributed by atoms with Gasteiger partial charge >= 0.3 is 0 Å². The normalized spacial score (nSPS) is 25.6. The average molecular weight is 222 g/mol. The fraction of sp³-hybridized carbons (Fsp3) is 0.714. The summed E-state index contributed by atoms with van der Waals surface area (Å²) in [5.41, 5.74) is 0.401. The number of hydrogen-bond acceptors (Lipinski definition) is 2. The third-order valence-corrected chi connectivity index (χ3v) is 3.63. The van der Waals surface area contributed by atoms with E-state index < -0.39 is 5.60 Å². The molecule has 0 saturated heterocycles. The third kappa shape index (κ3) is 1.80. The second kappa shape index (κ2) is 3.63. The minimum absolute atomic E-state index is 0.0198. The molecule has 1 heterocycles. The molecule has 0 saturated carbocycles. The van der Waals surface area contributed by atoms with Crippen molar-refractivity contribution in [1.29, 1.82) is 0 Å². The highest BCUT2D eigenvalue weighted by Gasteiger charge is 2.36. The van der Waals surface area contributed by atoms with Crippen molar-refractivity contribution in [2.75, 3.05) is 0 Å². The maximum absolute atomic E-state index is 10.6. The van der Waals surface area contributed by atoms with E-state index in [2.05, 4.69) is 26.8 Å². The molecule has 16 heavy (non-hydrogen) atoms. The Labute approximate surface area is 97.7 Å². The zero-order chi connectivity index (χ0) is 12.0. The highest BCUT2D eigenvalue weighted by molar-refractivity contribution is 5.32. The average Bonchev–Trinajstić information content (AvgIpc) is 2.63. The smallest absolute Gasteiger partial charge is 0.110 e. The first-order chi connectivity index (χ1) is 7.37. The molecule has 2 heteroatoms.